The zero-order valence-electron chi connectivity index (χ0n) is 12.0. The van der Waals surface area contributed by atoms with Gasteiger partial charge >= 0.3 is 0 Å². The van der Waals surface area contributed by atoms with E-state index >= 15 is 0 Å². The summed E-state index contributed by atoms with van der Waals surface area (Å²) in [6.45, 7) is 3.58. The van der Waals surface area contributed by atoms with Crippen LogP contribution in [0.1, 0.15) is 19.4 Å². The van der Waals surface area contributed by atoms with Crippen molar-refractivity contribution >= 4 is 34.8 Å². The summed E-state index contributed by atoms with van der Waals surface area (Å²) in [5, 5.41) is 6.59. The second-order valence-electron chi connectivity index (χ2n) is 4.95. The molecule has 0 bridgehead atoms. The van der Waals surface area contributed by atoms with Crippen LogP contribution in [0.25, 0.3) is 6.08 Å². The van der Waals surface area contributed by atoms with Crippen LogP contribution in [0.2, 0.25) is 0 Å². The van der Waals surface area contributed by atoms with Crippen LogP contribution in [-0.2, 0) is 9.59 Å². The SMILES string of the molecule is CC(C)C(=O)C(=Cc1ccsc1)C(=O)Nc1ccccc1. The van der Waals surface area contributed by atoms with E-state index < -0.39 is 0 Å². The number of anilines is 1. The van der Waals surface area contributed by atoms with Crippen molar-refractivity contribution < 1.29 is 9.59 Å². The molecular weight excluding hydrogens is 282 g/mol. The van der Waals surface area contributed by atoms with Crippen LogP contribution in [0.3, 0.4) is 0 Å². The first-order valence-electron chi connectivity index (χ1n) is 6.72. The first-order valence-corrected chi connectivity index (χ1v) is 7.66. The van der Waals surface area contributed by atoms with E-state index in [1.165, 1.54) is 11.3 Å². The lowest BCUT2D eigenvalue weighted by Gasteiger charge is -2.10. The first-order chi connectivity index (χ1) is 10.1. The highest BCUT2D eigenvalue weighted by atomic mass is 32.1. The zero-order chi connectivity index (χ0) is 15.2. The van der Waals surface area contributed by atoms with Crippen molar-refractivity contribution in [1.29, 1.82) is 0 Å². The minimum absolute atomic E-state index is 0.158. The van der Waals surface area contributed by atoms with Gasteiger partial charge in [-0.1, -0.05) is 32.0 Å². The molecule has 2 rings (SSSR count). The van der Waals surface area contributed by atoms with Crippen molar-refractivity contribution in [1.82, 2.24) is 0 Å². The van der Waals surface area contributed by atoms with Crippen molar-refractivity contribution in [2.45, 2.75) is 13.8 Å². The quantitative estimate of drug-likeness (QED) is 0.515. The molecule has 0 fully saturated rings. The van der Waals surface area contributed by atoms with Crippen LogP contribution < -0.4 is 5.32 Å². The zero-order valence-corrected chi connectivity index (χ0v) is 12.8. The second kappa shape index (κ2) is 6.99. The van der Waals surface area contributed by atoms with Crippen LogP contribution in [0.5, 0.6) is 0 Å². The van der Waals surface area contributed by atoms with E-state index in [-0.39, 0.29) is 23.2 Å². The fourth-order valence-electron chi connectivity index (χ4n) is 1.80. The fraction of sp³-hybridized carbons (Fsp3) is 0.176. The molecule has 0 saturated heterocycles. The van der Waals surface area contributed by atoms with Crippen LogP contribution in [0.15, 0.2) is 52.7 Å². The Morgan fingerprint density at radius 3 is 2.43 bits per heavy atom. The maximum Gasteiger partial charge on any atom is 0.259 e. The Hall–Kier alpha value is -2.20. The van der Waals surface area contributed by atoms with E-state index in [0.717, 1.165) is 5.56 Å². The van der Waals surface area contributed by atoms with Crippen molar-refractivity contribution in [3.63, 3.8) is 0 Å². The minimum Gasteiger partial charge on any atom is -0.322 e. The van der Waals surface area contributed by atoms with Crippen molar-refractivity contribution in [2.75, 3.05) is 5.32 Å². The number of amides is 1. The van der Waals surface area contributed by atoms with E-state index in [2.05, 4.69) is 5.32 Å². The molecule has 1 N–H and O–H groups in total. The molecule has 0 spiro atoms. The molecule has 0 aliphatic carbocycles. The molecule has 108 valence electrons. The highest BCUT2D eigenvalue weighted by Gasteiger charge is 2.21. The molecule has 1 aromatic carbocycles. The molecule has 1 aromatic heterocycles. The number of rotatable bonds is 5. The lowest BCUT2D eigenvalue weighted by molar-refractivity contribution is -0.121. The number of Topliss-reactive ketones (excluding diaryl/α,β-unsaturated/α-hetero) is 1. The lowest BCUT2D eigenvalue weighted by Crippen LogP contribution is -2.23. The van der Waals surface area contributed by atoms with Gasteiger partial charge in [0.05, 0.1) is 5.57 Å². The van der Waals surface area contributed by atoms with Gasteiger partial charge in [-0.3, -0.25) is 9.59 Å². The standard InChI is InChI=1S/C17H17NO2S/c1-12(2)16(19)15(10-13-8-9-21-11-13)17(20)18-14-6-4-3-5-7-14/h3-12H,1-2H3,(H,18,20). The van der Waals surface area contributed by atoms with E-state index in [9.17, 15) is 9.59 Å². The third kappa shape index (κ3) is 4.13. The van der Waals surface area contributed by atoms with Crippen molar-refractivity contribution in [3.8, 4) is 0 Å². The minimum atomic E-state index is -0.369. The Bertz CT molecular complexity index is 643. The number of carbonyl (C=O) groups excluding carboxylic acids is 2. The highest BCUT2D eigenvalue weighted by Crippen LogP contribution is 2.16. The summed E-state index contributed by atoms with van der Waals surface area (Å²) in [6.07, 6.45) is 1.65. The monoisotopic (exact) mass is 299 g/mol. The average Bonchev–Trinajstić information content (AvgIpc) is 2.98. The summed E-state index contributed by atoms with van der Waals surface area (Å²) in [7, 11) is 0. The molecule has 0 saturated carbocycles. The predicted octanol–water partition coefficient (Wildman–Crippen LogP) is 4.00. The third-order valence-electron chi connectivity index (χ3n) is 2.92. The van der Waals surface area contributed by atoms with Gasteiger partial charge in [0.1, 0.15) is 0 Å². The van der Waals surface area contributed by atoms with Gasteiger partial charge in [0.25, 0.3) is 5.91 Å². The van der Waals surface area contributed by atoms with Gasteiger partial charge in [-0.2, -0.15) is 11.3 Å². The van der Waals surface area contributed by atoms with E-state index in [4.69, 9.17) is 0 Å². The molecule has 3 nitrogen and oxygen atoms in total. The van der Waals surface area contributed by atoms with Gasteiger partial charge in [-0.05, 0) is 40.6 Å². The highest BCUT2D eigenvalue weighted by molar-refractivity contribution is 7.08. The summed E-state index contributed by atoms with van der Waals surface area (Å²) in [6, 6.07) is 11.0. The third-order valence-corrected chi connectivity index (χ3v) is 3.62. The molecule has 0 aliphatic rings. The number of para-hydroxylation sites is 1. The summed E-state index contributed by atoms with van der Waals surface area (Å²) in [4.78, 5) is 24.7. The molecule has 2 aromatic rings. The van der Waals surface area contributed by atoms with Gasteiger partial charge in [0, 0.05) is 11.6 Å². The normalized spacial score (nSPS) is 11.5. The number of benzene rings is 1. The Balaban J connectivity index is 2.27. The number of nitrogens with one attached hydrogen (secondary N) is 1. The summed E-state index contributed by atoms with van der Waals surface area (Å²) in [5.41, 5.74) is 1.73. The average molecular weight is 299 g/mol. The molecule has 21 heavy (non-hydrogen) atoms. The Morgan fingerprint density at radius 1 is 1.14 bits per heavy atom. The molecule has 4 heteroatoms. The number of hydrogen-bond acceptors (Lipinski definition) is 3. The lowest BCUT2D eigenvalue weighted by atomic mass is 9.98. The summed E-state index contributed by atoms with van der Waals surface area (Å²) in [5.74, 6) is -0.753. The Kier molecular flexibility index (Phi) is 5.06. The largest absolute Gasteiger partial charge is 0.322 e. The predicted molar refractivity (Wildman–Crippen MR) is 87.2 cm³/mol. The van der Waals surface area contributed by atoms with Gasteiger partial charge in [-0.25, -0.2) is 0 Å². The first kappa shape index (κ1) is 15.2. The smallest absolute Gasteiger partial charge is 0.259 e. The van der Waals surface area contributed by atoms with E-state index in [1.54, 1.807) is 32.1 Å². The molecule has 0 aliphatic heterocycles. The van der Waals surface area contributed by atoms with Gasteiger partial charge in [0.15, 0.2) is 5.78 Å². The summed E-state index contributed by atoms with van der Waals surface area (Å²) < 4.78 is 0. The molecular formula is C17H17NO2S. The molecule has 1 heterocycles. The maximum absolute atomic E-state index is 12.4. The molecule has 0 atom stereocenters. The van der Waals surface area contributed by atoms with E-state index in [1.807, 2.05) is 35.0 Å². The fourth-order valence-corrected chi connectivity index (χ4v) is 2.42. The van der Waals surface area contributed by atoms with Crippen molar-refractivity contribution in [2.24, 2.45) is 5.92 Å². The number of thiophene rings is 1. The van der Waals surface area contributed by atoms with Gasteiger partial charge in [-0.15, -0.1) is 0 Å². The Labute approximate surface area is 128 Å². The van der Waals surface area contributed by atoms with Gasteiger partial charge < -0.3 is 5.32 Å². The second-order valence-corrected chi connectivity index (χ2v) is 5.73. The number of hydrogen-bond donors (Lipinski definition) is 1. The van der Waals surface area contributed by atoms with Crippen LogP contribution in [0, 0.1) is 5.92 Å². The topological polar surface area (TPSA) is 46.2 Å². The maximum atomic E-state index is 12.4. The van der Waals surface area contributed by atoms with Crippen molar-refractivity contribution in [3.05, 3.63) is 58.3 Å². The molecule has 0 unspecified atom stereocenters. The van der Waals surface area contributed by atoms with E-state index in [0.29, 0.717) is 5.69 Å². The number of ketones is 1. The van der Waals surface area contributed by atoms with Crippen LogP contribution in [0.4, 0.5) is 5.69 Å². The van der Waals surface area contributed by atoms with Crippen LogP contribution >= 0.6 is 11.3 Å². The summed E-state index contributed by atoms with van der Waals surface area (Å²) >= 11 is 1.53. The molecule has 0 radical (unpaired) electrons. The van der Waals surface area contributed by atoms with Crippen LogP contribution in [-0.4, -0.2) is 11.7 Å². The Morgan fingerprint density at radius 2 is 1.86 bits per heavy atom. The number of carbonyl (C=O) groups is 2. The molecule has 1 amide bonds. The van der Waals surface area contributed by atoms with Gasteiger partial charge in [0.2, 0.25) is 0 Å².